The Bertz CT molecular complexity index is 379. The van der Waals surface area contributed by atoms with Gasteiger partial charge < -0.3 is 15.5 Å². The number of anilines is 1. The maximum Gasteiger partial charge on any atom is 0.0642 e. The smallest absolute Gasteiger partial charge is 0.0642 e. The molecule has 0 aliphatic heterocycles. The molecule has 0 radical (unpaired) electrons. The molecule has 18 heavy (non-hydrogen) atoms. The molecule has 1 aromatic rings. The van der Waals surface area contributed by atoms with Crippen molar-refractivity contribution in [2.24, 2.45) is 5.73 Å². The SMILES string of the molecule is CCN(c1ccc(CN)cc1Cl)C(C)CN(C)C. The standard InChI is InChI=1S/C14H24ClN3/c1-5-18(11(2)10-17(3)4)14-7-6-12(9-16)8-13(14)15/h6-8,11H,5,9-10,16H2,1-4H3. The Morgan fingerprint density at radius 1 is 1.33 bits per heavy atom. The third kappa shape index (κ3) is 3.87. The van der Waals surface area contributed by atoms with Crippen molar-refractivity contribution in [3.8, 4) is 0 Å². The monoisotopic (exact) mass is 269 g/mol. The van der Waals surface area contributed by atoms with Crippen LogP contribution in [-0.2, 0) is 6.54 Å². The van der Waals surface area contributed by atoms with Crippen LogP contribution in [0, 0.1) is 0 Å². The molecule has 0 saturated heterocycles. The molecule has 2 N–H and O–H groups in total. The average Bonchev–Trinajstić information content (AvgIpc) is 2.31. The first-order valence-electron chi connectivity index (χ1n) is 6.39. The van der Waals surface area contributed by atoms with Crippen molar-refractivity contribution in [1.29, 1.82) is 0 Å². The summed E-state index contributed by atoms with van der Waals surface area (Å²) in [5, 5.41) is 0.783. The van der Waals surface area contributed by atoms with E-state index in [1.165, 1.54) is 0 Å². The molecule has 0 bridgehead atoms. The zero-order chi connectivity index (χ0) is 13.7. The summed E-state index contributed by atoms with van der Waals surface area (Å²) in [7, 11) is 4.17. The first-order valence-corrected chi connectivity index (χ1v) is 6.77. The normalized spacial score (nSPS) is 12.8. The lowest BCUT2D eigenvalue weighted by molar-refractivity contribution is 0.373. The Morgan fingerprint density at radius 3 is 2.44 bits per heavy atom. The van der Waals surface area contributed by atoms with Crippen molar-refractivity contribution in [3.05, 3.63) is 28.8 Å². The number of nitrogens with two attached hydrogens (primary N) is 1. The molecule has 102 valence electrons. The number of halogens is 1. The molecule has 0 aromatic heterocycles. The Morgan fingerprint density at radius 2 is 2.00 bits per heavy atom. The maximum absolute atomic E-state index is 6.35. The van der Waals surface area contributed by atoms with Crippen LogP contribution in [0.2, 0.25) is 5.02 Å². The third-order valence-corrected chi connectivity index (χ3v) is 3.36. The Kier molecular flexibility index (Phi) is 5.93. The van der Waals surface area contributed by atoms with E-state index in [2.05, 4.69) is 43.8 Å². The highest BCUT2D eigenvalue weighted by molar-refractivity contribution is 6.33. The predicted molar refractivity (Wildman–Crippen MR) is 80.4 cm³/mol. The maximum atomic E-state index is 6.35. The lowest BCUT2D eigenvalue weighted by Gasteiger charge is -2.32. The van der Waals surface area contributed by atoms with Crippen molar-refractivity contribution in [2.75, 3.05) is 32.1 Å². The second-order valence-electron chi connectivity index (χ2n) is 4.89. The van der Waals surface area contributed by atoms with E-state index in [1.807, 2.05) is 12.1 Å². The molecule has 1 aromatic carbocycles. The third-order valence-electron chi connectivity index (χ3n) is 3.06. The number of hydrogen-bond acceptors (Lipinski definition) is 3. The number of benzene rings is 1. The van der Waals surface area contributed by atoms with E-state index < -0.39 is 0 Å². The molecule has 0 heterocycles. The molecule has 0 spiro atoms. The summed E-state index contributed by atoms with van der Waals surface area (Å²) in [5.41, 5.74) is 7.78. The molecule has 0 aliphatic carbocycles. The predicted octanol–water partition coefficient (Wildman–Crippen LogP) is 2.58. The lowest BCUT2D eigenvalue weighted by atomic mass is 10.1. The van der Waals surface area contributed by atoms with Gasteiger partial charge in [0.05, 0.1) is 10.7 Å². The number of nitrogens with zero attached hydrogens (tertiary/aromatic N) is 2. The van der Waals surface area contributed by atoms with Crippen LogP contribution < -0.4 is 10.6 Å². The van der Waals surface area contributed by atoms with Crippen molar-refractivity contribution in [1.82, 2.24) is 4.90 Å². The highest BCUT2D eigenvalue weighted by atomic mass is 35.5. The highest BCUT2D eigenvalue weighted by Crippen LogP contribution is 2.28. The molecule has 1 atom stereocenters. The Balaban J connectivity index is 2.94. The minimum absolute atomic E-state index is 0.422. The van der Waals surface area contributed by atoms with Gasteiger partial charge in [0.2, 0.25) is 0 Å². The summed E-state index contributed by atoms with van der Waals surface area (Å²) in [6.45, 7) is 6.84. The van der Waals surface area contributed by atoms with E-state index in [-0.39, 0.29) is 0 Å². The van der Waals surface area contributed by atoms with Crippen LogP contribution in [0.4, 0.5) is 5.69 Å². The van der Waals surface area contributed by atoms with Gasteiger partial charge in [0.1, 0.15) is 0 Å². The molecule has 0 aliphatic rings. The second kappa shape index (κ2) is 6.98. The molecule has 1 unspecified atom stereocenters. The van der Waals surface area contributed by atoms with Crippen molar-refractivity contribution in [2.45, 2.75) is 26.4 Å². The molecular weight excluding hydrogens is 246 g/mol. The summed E-state index contributed by atoms with van der Waals surface area (Å²) in [6.07, 6.45) is 0. The van der Waals surface area contributed by atoms with Crippen LogP contribution in [-0.4, -0.2) is 38.1 Å². The Labute approximate surface area is 116 Å². The van der Waals surface area contributed by atoms with Crippen LogP contribution in [0.25, 0.3) is 0 Å². The van der Waals surface area contributed by atoms with Gasteiger partial charge in [-0.3, -0.25) is 0 Å². The Hall–Kier alpha value is -0.770. The topological polar surface area (TPSA) is 32.5 Å². The van der Waals surface area contributed by atoms with Gasteiger partial charge in [-0.05, 0) is 45.6 Å². The van der Waals surface area contributed by atoms with E-state index in [0.29, 0.717) is 12.6 Å². The van der Waals surface area contributed by atoms with Gasteiger partial charge in [-0.2, -0.15) is 0 Å². The van der Waals surface area contributed by atoms with E-state index >= 15 is 0 Å². The highest BCUT2D eigenvalue weighted by Gasteiger charge is 2.16. The molecular formula is C14H24ClN3. The molecule has 4 heteroatoms. The van der Waals surface area contributed by atoms with E-state index in [9.17, 15) is 0 Å². The van der Waals surface area contributed by atoms with Gasteiger partial charge in [0.25, 0.3) is 0 Å². The van der Waals surface area contributed by atoms with Crippen molar-refractivity contribution in [3.63, 3.8) is 0 Å². The minimum atomic E-state index is 0.422. The second-order valence-corrected chi connectivity index (χ2v) is 5.29. The minimum Gasteiger partial charge on any atom is -0.367 e. The fourth-order valence-corrected chi connectivity index (χ4v) is 2.57. The van der Waals surface area contributed by atoms with E-state index in [1.54, 1.807) is 0 Å². The van der Waals surface area contributed by atoms with Gasteiger partial charge >= 0.3 is 0 Å². The zero-order valence-electron chi connectivity index (χ0n) is 11.8. The van der Waals surface area contributed by atoms with Gasteiger partial charge in [0, 0.05) is 25.7 Å². The zero-order valence-corrected chi connectivity index (χ0v) is 12.5. The molecule has 0 fully saturated rings. The van der Waals surface area contributed by atoms with Gasteiger partial charge in [-0.25, -0.2) is 0 Å². The van der Waals surface area contributed by atoms with E-state index in [4.69, 9.17) is 17.3 Å². The van der Waals surface area contributed by atoms with Crippen LogP contribution >= 0.6 is 11.6 Å². The summed E-state index contributed by atoms with van der Waals surface area (Å²) in [6, 6.07) is 6.50. The van der Waals surface area contributed by atoms with Gasteiger partial charge in [-0.1, -0.05) is 17.7 Å². The molecule has 3 nitrogen and oxygen atoms in total. The number of hydrogen-bond donors (Lipinski definition) is 1. The first kappa shape index (κ1) is 15.3. The lowest BCUT2D eigenvalue weighted by Crippen LogP contribution is -2.40. The molecule has 0 saturated carbocycles. The summed E-state index contributed by atoms with van der Waals surface area (Å²) in [5.74, 6) is 0. The van der Waals surface area contributed by atoms with Crippen LogP contribution in [0.5, 0.6) is 0 Å². The van der Waals surface area contributed by atoms with Crippen LogP contribution in [0.1, 0.15) is 19.4 Å². The number of rotatable bonds is 6. The summed E-state index contributed by atoms with van der Waals surface area (Å²) < 4.78 is 0. The van der Waals surface area contributed by atoms with Gasteiger partial charge in [-0.15, -0.1) is 0 Å². The average molecular weight is 270 g/mol. The summed E-state index contributed by atoms with van der Waals surface area (Å²) >= 11 is 6.35. The van der Waals surface area contributed by atoms with E-state index in [0.717, 1.165) is 29.4 Å². The molecule has 1 rings (SSSR count). The van der Waals surface area contributed by atoms with Crippen LogP contribution in [0.15, 0.2) is 18.2 Å². The van der Waals surface area contributed by atoms with Crippen molar-refractivity contribution >= 4 is 17.3 Å². The van der Waals surface area contributed by atoms with Crippen molar-refractivity contribution < 1.29 is 0 Å². The fourth-order valence-electron chi connectivity index (χ4n) is 2.26. The quantitative estimate of drug-likeness (QED) is 0.862. The first-order chi connectivity index (χ1) is 8.49. The molecule has 0 amide bonds. The van der Waals surface area contributed by atoms with Crippen LogP contribution in [0.3, 0.4) is 0 Å². The largest absolute Gasteiger partial charge is 0.367 e. The summed E-state index contributed by atoms with van der Waals surface area (Å²) in [4.78, 5) is 4.51. The van der Waals surface area contributed by atoms with Gasteiger partial charge in [0.15, 0.2) is 0 Å². The fraction of sp³-hybridized carbons (Fsp3) is 0.571. The number of likely N-dealkylation sites (N-methyl/N-ethyl adjacent to an activating group) is 2.